The van der Waals surface area contributed by atoms with Crippen LogP contribution in [0.2, 0.25) is 0 Å². The van der Waals surface area contributed by atoms with Gasteiger partial charge < -0.3 is 4.74 Å². The van der Waals surface area contributed by atoms with Gasteiger partial charge in [-0.3, -0.25) is 9.58 Å². The summed E-state index contributed by atoms with van der Waals surface area (Å²) in [7, 11) is 0. The molecule has 1 saturated heterocycles. The van der Waals surface area contributed by atoms with Crippen molar-refractivity contribution in [3.8, 4) is 39.0 Å². The molecule has 34 heavy (non-hydrogen) atoms. The van der Waals surface area contributed by atoms with Gasteiger partial charge in [0.2, 0.25) is 0 Å². The van der Waals surface area contributed by atoms with Crippen LogP contribution in [0.1, 0.15) is 43.6 Å². The first-order chi connectivity index (χ1) is 16.5. The summed E-state index contributed by atoms with van der Waals surface area (Å²) < 4.78 is 10.2. The number of hydrogen-bond acceptors (Lipinski definition) is 7. The van der Waals surface area contributed by atoms with E-state index in [1.165, 1.54) is 4.88 Å². The molecule has 0 aliphatic carbocycles. The molecule has 0 atom stereocenters. The minimum atomic E-state index is 0.226. The molecule has 1 fully saturated rings. The molecule has 5 heterocycles. The number of rotatable bonds is 5. The largest absolute Gasteiger partial charge is 0.492 e. The van der Waals surface area contributed by atoms with Gasteiger partial charge in [0.25, 0.3) is 0 Å². The second-order valence-corrected chi connectivity index (χ2v) is 10.4. The Labute approximate surface area is 203 Å². The molecular weight excluding hydrogens is 446 g/mol. The highest BCUT2D eigenvalue weighted by Crippen LogP contribution is 2.42. The zero-order valence-electron chi connectivity index (χ0n) is 20.0. The molecule has 8 nitrogen and oxygen atoms in total. The predicted octanol–water partition coefficient (Wildman–Crippen LogP) is 4.63. The van der Waals surface area contributed by atoms with Gasteiger partial charge in [0, 0.05) is 47.8 Å². The van der Waals surface area contributed by atoms with Crippen LogP contribution in [0.5, 0.6) is 5.75 Å². The van der Waals surface area contributed by atoms with Gasteiger partial charge in [-0.15, -0.1) is 11.3 Å². The van der Waals surface area contributed by atoms with Gasteiger partial charge in [0.15, 0.2) is 10.8 Å². The van der Waals surface area contributed by atoms with Crippen LogP contribution in [0.4, 0.5) is 0 Å². The molecule has 0 spiro atoms. The summed E-state index contributed by atoms with van der Waals surface area (Å²) >= 11 is 1.70. The minimum absolute atomic E-state index is 0.226. The lowest BCUT2D eigenvalue weighted by Gasteiger charge is -2.38. The molecule has 0 radical (unpaired) electrons. The fourth-order valence-corrected chi connectivity index (χ4v) is 5.73. The number of aryl methyl sites for hydroxylation is 1. The Morgan fingerprint density at radius 2 is 2.03 bits per heavy atom. The number of aromatic nitrogens is 6. The van der Waals surface area contributed by atoms with Gasteiger partial charge >= 0.3 is 0 Å². The van der Waals surface area contributed by atoms with Crippen LogP contribution in [0.25, 0.3) is 33.2 Å². The summed E-state index contributed by atoms with van der Waals surface area (Å²) in [6.07, 6.45) is 4.95. The Balaban J connectivity index is 1.32. The van der Waals surface area contributed by atoms with Crippen molar-refractivity contribution >= 4 is 11.3 Å². The number of hydrogen-bond donors (Lipinski definition) is 0. The quantitative estimate of drug-likeness (QED) is 0.419. The number of thiazole rings is 1. The van der Waals surface area contributed by atoms with Crippen molar-refractivity contribution in [3.63, 3.8) is 0 Å². The Kier molecular flexibility index (Phi) is 5.26. The third-order valence-electron chi connectivity index (χ3n) is 6.63. The van der Waals surface area contributed by atoms with E-state index in [0.29, 0.717) is 12.6 Å². The predicted molar refractivity (Wildman–Crippen MR) is 133 cm³/mol. The summed E-state index contributed by atoms with van der Waals surface area (Å²) in [6.45, 7) is 12.2. The SMILES string of the molecule is CCN1CC(n2cc(-c3ccc4c(c3)OCCc3sc(-c5nc(C)nn5C(C)C)nc3-4)cn2)C1. The lowest BCUT2D eigenvalue weighted by molar-refractivity contribution is 0.105. The molecule has 0 N–H and O–H groups in total. The lowest BCUT2D eigenvalue weighted by Crippen LogP contribution is -2.47. The van der Waals surface area contributed by atoms with Crippen molar-refractivity contribution in [3.05, 3.63) is 41.3 Å². The molecule has 4 aromatic rings. The fraction of sp³-hybridized carbons (Fsp3) is 0.440. The molecule has 3 aromatic heterocycles. The van der Waals surface area contributed by atoms with Crippen LogP contribution < -0.4 is 4.74 Å². The van der Waals surface area contributed by atoms with Crippen LogP contribution in [-0.4, -0.2) is 60.7 Å². The van der Waals surface area contributed by atoms with Gasteiger partial charge in [-0.2, -0.15) is 10.2 Å². The van der Waals surface area contributed by atoms with E-state index in [0.717, 1.165) is 70.8 Å². The van der Waals surface area contributed by atoms with E-state index in [1.807, 2.05) is 17.8 Å². The zero-order valence-corrected chi connectivity index (χ0v) is 20.8. The Morgan fingerprint density at radius 1 is 1.18 bits per heavy atom. The number of fused-ring (bicyclic) bond motifs is 3. The Hall–Kier alpha value is -3.04. The summed E-state index contributed by atoms with van der Waals surface area (Å²) in [5, 5.41) is 10.1. The lowest BCUT2D eigenvalue weighted by atomic mass is 10.0. The van der Waals surface area contributed by atoms with Crippen LogP contribution >= 0.6 is 11.3 Å². The maximum atomic E-state index is 6.18. The second-order valence-electron chi connectivity index (χ2n) is 9.34. The van der Waals surface area contributed by atoms with Gasteiger partial charge in [0.1, 0.15) is 11.6 Å². The first-order valence-corrected chi connectivity index (χ1v) is 12.8. The van der Waals surface area contributed by atoms with Crippen LogP contribution in [0, 0.1) is 6.92 Å². The van der Waals surface area contributed by atoms with E-state index < -0.39 is 0 Å². The number of benzene rings is 1. The van der Waals surface area contributed by atoms with E-state index in [2.05, 4.69) is 69.9 Å². The molecule has 0 bridgehead atoms. The number of nitrogens with zero attached hydrogens (tertiary/aromatic N) is 7. The Morgan fingerprint density at radius 3 is 2.82 bits per heavy atom. The van der Waals surface area contributed by atoms with Crippen molar-refractivity contribution in [2.24, 2.45) is 0 Å². The van der Waals surface area contributed by atoms with Gasteiger partial charge in [-0.25, -0.2) is 14.6 Å². The average Bonchev–Trinajstić information content (AvgIpc) is 3.50. The molecule has 2 aliphatic rings. The number of ether oxygens (including phenoxy) is 1. The highest BCUT2D eigenvalue weighted by Gasteiger charge is 2.28. The molecule has 0 amide bonds. The van der Waals surface area contributed by atoms with Crippen molar-refractivity contribution in [1.82, 2.24) is 34.4 Å². The minimum Gasteiger partial charge on any atom is -0.492 e. The maximum absolute atomic E-state index is 6.18. The number of likely N-dealkylation sites (tertiary alicyclic amines) is 1. The average molecular weight is 476 g/mol. The smallest absolute Gasteiger partial charge is 0.187 e. The molecule has 6 rings (SSSR count). The molecule has 176 valence electrons. The third kappa shape index (κ3) is 3.63. The van der Waals surface area contributed by atoms with E-state index in [-0.39, 0.29) is 6.04 Å². The molecular formula is C25H29N7OS. The zero-order chi connectivity index (χ0) is 23.4. The Bertz CT molecular complexity index is 1350. The first-order valence-electron chi connectivity index (χ1n) is 12.0. The summed E-state index contributed by atoms with van der Waals surface area (Å²) in [6, 6.07) is 7.11. The molecule has 9 heteroatoms. The highest BCUT2D eigenvalue weighted by atomic mass is 32.1. The van der Waals surface area contributed by atoms with Crippen molar-refractivity contribution < 1.29 is 4.74 Å². The topological polar surface area (TPSA) is 73.9 Å². The molecule has 0 unspecified atom stereocenters. The van der Waals surface area contributed by atoms with E-state index in [9.17, 15) is 0 Å². The second kappa shape index (κ2) is 8.32. The van der Waals surface area contributed by atoms with Gasteiger partial charge in [-0.05, 0) is 45.0 Å². The van der Waals surface area contributed by atoms with Crippen molar-refractivity contribution in [1.29, 1.82) is 0 Å². The maximum Gasteiger partial charge on any atom is 0.187 e. The monoisotopic (exact) mass is 475 g/mol. The highest BCUT2D eigenvalue weighted by molar-refractivity contribution is 7.15. The summed E-state index contributed by atoms with van der Waals surface area (Å²) in [5.41, 5.74) is 4.27. The molecule has 0 saturated carbocycles. The normalized spacial score (nSPS) is 16.1. The van der Waals surface area contributed by atoms with Crippen molar-refractivity contribution in [2.45, 2.75) is 46.2 Å². The van der Waals surface area contributed by atoms with E-state index in [1.54, 1.807) is 11.3 Å². The van der Waals surface area contributed by atoms with Gasteiger partial charge in [-0.1, -0.05) is 13.0 Å². The summed E-state index contributed by atoms with van der Waals surface area (Å²) in [5.74, 6) is 2.49. The van der Waals surface area contributed by atoms with E-state index >= 15 is 0 Å². The molecule has 2 aliphatic heterocycles. The van der Waals surface area contributed by atoms with Crippen LogP contribution in [-0.2, 0) is 6.42 Å². The first kappa shape index (κ1) is 21.5. The van der Waals surface area contributed by atoms with Crippen molar-refractivity contribution in [2.75, 3.05) is 26.2 Å². The van der Waals surface area contributed by atoms with Crippen LogP contribution in [0.3, 0.4) is 0 Å². The fourth-order valence-electron chi connectivity index (χ4n) is 4.69. The number of likely N-dealkylation sites (N-methyl/N-ethyl adjacent to an activating group) is 1. The third-order valence-corrected chi connectivity index (χ3v) is 7.74. The standard InChI is InChI=1S/C25H29N7OS/c1-5-30-13-19(14-30)31-12-18(11-26-31)17-6-7-20-21(10-17)33-9-8-22-23(20)28-25(34-22)24-27-16(4)29-32(24)15(2)3/h6-7,10-12,15,19H,5,8-9,13-14H2,1-4H3. The van der Waals surface area contributed by atoms with Crippen LogP contribution in [0.15, 0.2) is 30.6 Å². The summed E-state index contributed by atoms with van der Waals surface area (Å²) in [4.78, 5) is 13.4. The van der Waals surface area contributed by atoms with Gasteiger partial charge in [0.05, 0.1) is 24.5 Å². The van der Waals surface area contributed by atoms with E-state index in [4.69, 9.17) is 9.72 Å². The molecule has 1 aromatic carbocycles.